The maximum absolute atomic E-state index is 13.0. The summed E-state index contributed by atoms with van der Waals surface area (Å²) in [5.74, 6) is -0.184. The Morgan fingerprint density at radius 2 is 2.00 bits per heavy atom. The zero-order valence-electron chi connectivity index (χ0n) is 10.1. The average Bonchev–Trinajstić information content (AvgIpc) is 2.16. The lowest BCUT2D eigenvalue weighted by atomic mass is 9.92. The Labute approximate surface area is 106 Å². The van der Waals surface area contributed by atoms with Crippen LogP contribution in [0, 0.1) is 11.2 Å². The normalized spacial score (nSPS) is 11.8. The molecule has 0 radical (unpaired) electrons. The number of benzene rings is 1. The van der Waals surface area contributed by atoms with Crippen molar-refractivity contribution < 1.29 is 4.39 Å². The second kappa shape index (κ2) is 5.78. The SMILES string of the molecule is CC(C)(C)CCNCc1cc(F)ccc1Br. The van der Waals surface area contributed by atoms with E-state index in [9.17, 15) is 4.39 Å². The fraction of sp³-hybridized carbons (Fsp3) is 0.538. The van der Waals surface area contributed by atoms with E-state index in [1.165, 1.54) is 6.07 Å². The molecule has 3 heteroatoms. The molecule has 0 heterocycles. The Bertz CT molecular complexity index is 344. The number of nitrogens with one attached hydrogen (secondary N) is 1. The number of hydrogen-bond donors (Lipinski definition) is 1. The van der Waals surface area contributed by atoms with Crippen molar-refractivity contribution in [1.82, 2.24) is 5.32 Å². The first-order valence-electron chi connectivity index (χ1n) is 5.53. The molecule has 1 aromatic carbocycles. The molecule has 0 aliphatic carbocycles. The lowest BCUT2D eigenvalue weighted by molar-refractivity contribution is 0.366. The van der Waals surface area contributed by atoms with E-state index in [0.29, 0.717) is 12.0 Å². The van der Waals surface area contributed by atoms with Crippen molar-refractivity contribution in [1.29, 1.82) is 0 Å². The number of rotatable bonds is 4. The van der Waals surface area contributed by atoms with Crippen LogP contribution in [0.1, 0.15) is 32.8 Å². The van der Waals surface area contributed by atoms with E-state index < -0.39 is 0 Å². The van der Waals surface area contributed by atoms with E-state index in [-0.39, 0.29) is 5.82 Å². The van der Waals surface area contributed by atoms with Gasteiger partial charge in [-0.2, -0.15) is 0 Å². The van der Waals surface area contributed by atoms with Gasteiger partial charge in [0.1, 0.15) is 5.82 Å². The molecule has 0 amide bonds. The van der Waals surface area contributed by atoms with Crippen LogP contribution in [0.5, 0.6) is 0 Å². The highest BCUT2D eigenvalue weighted by Gasteiger charge is 2.09. The van der Waals surface area contributed by atoms with Crippen LogP contribution in [0.2, 0.25) is 0 Å². The third kappa shape index (κ3) is 5.08. The maximum atomic E-state index is 13.0. The molecule has 0 aliphatic heterocycles. The molecule has 0 aliphatic rings. The zero-order chi connectivity index (χ0) is 12.2. The average molecular weight is 288 g/mol. The Balaban J connectivity index is 2.40. The van der Waals surface area contributed by atoms with Crippen LogP contribution in [-0.4, -0.2) is 6.54 Å². The lowest BCUT2D eigenvalue weighted by Gasteiger charge is -2.18. The van der Waals surface area contributed by atoms with Crippen molar-refractivity contribution in [3.63, 3.8) is 0 Å². The van der Waals surface area contributed by atoms with Gasteiger partial charge in [-0.25, -0.2) is 4.39 Å². The second-order valence-electron chi connectivity index (χ2n) is 5.22. The molecule has 0 atom stereocenters. The molecule has 1 rings (SSSR count). The Kier molecular flexibility index (Phi) is 4.93. The van der Waals surface area contributed by atoms with E-state index in [2.05, 4.69) is 42.0 Å². The summed E-state index contributed by atoms with van der Waals surface area (Å²) in [4.78, 5) is 0. The molecule has 0 spiro atoms. The summed E-state index contributed by atoms with van der Waals surface area (Å²) in [5.41, 5.74) is 1.31. The summed E-state index contributed by atoms with van der Waals surface area (Å²) in [7, 11) is 0. The van der Waals surface area contributed by atoms with Crippen LogP contribution >= 0.6 is 15.9 Å². The second-order valence-corrected chi connectivity index (χ2v) is 6.08. The smallest absolute Gasteiger partial charge is 0.123 e. The first-order chi connectivity index (χ1) is 7.38. The monoisotopic (exact) mass is 287 g/mol. The quantitative estimate of drug-likeness (QED) is 0.822. The van der Waals surface area contributed by atoms with Crippen LogP contribution in [0.4, 0.5) is 4.39 Å². The summed E-state index contributed by atoms with van der Waals surface area (Å²) in [6.07, 6.45) is 1.11. The highest BCUT2D eigenvalue weighted by atomic mass is 79.9. The molecular formula is C13H19BrFN. The molecular weight excluding hydrogens is 269 g/mol. The van der Waals surface area contributed by atoms with Crippen molar-refractivity contribution in [2.45, 2.75) is 33.7 Å². The van der Waals surface area contributed by atoms with E-state index in [0.717, 1.165) is 23.0 Å². The van der Waals surface area contributed by atoms with Gasteiger partial charge in [0.2, 0.25) is 0 Å². The highest BCUT2D eigenvalue weighted by Crippen LogP contribution is 2.19. The molecule has 1 aromatic rings. The first kappa shape index (κ1) is 13.7. The first-order valence-corrected chi connectivity index (χ1v) is 6.32. The zero-order valence-corrected chi connectivity index (χ0v) is 11.7. The van der Waals surface area contributed by atoms with Crippen LogP contribution in [0.25, 0.3) is 0 Å². The van der Waals surface area contributed by atoms with Gasteiger partial charge in [0.15, 0.2) is 0 Å². The summed E-state index contributed by atoms with van der Waals surface area (Å²) < 4.78 is 14.0. The van der Waals surface area contributed by atoms with E-state index >= 15 is 0 Å². The topological polar surface area (TPSA) is 12.0 Å². The summed E-state index contributed by atoms with van der Waals surface area (Å²) in [5, 5.41) is 3.33. The number of hydrogen-bond acceptors (Lipinski definition) is 1. The minimum absolute atomic E-state index is 0.184. The Hall–Kier alpha value is -0.410. The third-order valence-corrected chi connectivity index (χ3v) is 3.15. The van der Waals surface area contributed by atoms with E-state index in [1.54, 1.807) is 12.1 Å². The molecule has 1 nitrogen and oxygen atoms in total. The third-order valence-electron chi connectivity index (χ3n) is 2.37. The predicted octanol–water partition coefficient (Wildman–Crippen LogP) is 4.11. The summed E-state index contributed by atoms with van der Waals surface area (Å²) in [6.45, 7) is 8.30. The van der Waals surface area contributed by atoms with Crippen molar-refractivity contribution in [3.05, 3.63) is 34.1 Å². The van der Waals surface area contributed by atoms with Gasteiger partial charge in [-0.3, -0.25) is 0 Å². The molecule has 0 unspecified atom stereocenters. The van der Waals surface area contributed by atoms with Gasteiger partial charge in [0.25, 0.3) is 0 Å². The molecule has 90 valence electrons. The van der Waals surface area contributed by atoms with Gasteiger partial charge in [-0.1, -0.05) is 36.7 Å². The van der Waals surface area contributed by atoms with Crippen LogP contribution < -0.4 is 5.32 Å². The fourth-order valence-corrected chi connectivity index (χ4v) is 1.75. The van der Waals surface area contributed by atoms with Crippen molar-refractivity contribution in [3.8, 4) is 0 Å². The van der Waals surface area contributed by atoms with E-state index in [4.69, 9.17) is 0 Å². The molecule has 1 N–H and O–H groups in total. The van der Waals surface area contributed by atoms with Gasteiger partial charge >= 0.3 is 0 Å². The van der Waals surface area contributed by atoms with Crippen molar-refractivity contribution >= 4 is 15.9 Å². The highest BCUT2D eigenvalue weighted by molar-refractivity contribution is 9.10. The van der Waals surface area contributed by atoms with Gasteiger partial charge in [0, 0.05) is 11.0 Å². The molecule has 0 saturated carbocycles. The molecule has 0 bridgehead atoms. The van der Waals surface area contributed by atoms with Crippen molar-refractivity contribution in [2.75, 3.05) is 6.54 Å². The van der Waals surface area contributed by atoms with Gasteiger partial charge in [-0.05, 0) is 42.1 Å². The largest absolute Gasteiger partial charge is 0.313 e. The van der Waals surface area contributed by atoms with Gasteiger partial charge in [-0.15, -0.1) is 0 Å². The Morgan fingerprint density at radius 3 is 2.62 bits per heavy atom. The lowest BCUT2D eigenvalue weighted by Crippen LogP contribution is -2.20. The Morgan fingerprint density at radius 1 is 1.31 bits per heavy atom. The van der Waals surface area contributed by atoms with Crippen LogP contribution in [0.3, 0.4) is 0 Å². The van der Waals surface area contributed by atoms with E-state index in [1.807, 2.05) is 0 Å². The van der Waals surface area contributed by atoms with Gasteiger partial charge < -0.3 is 5.32 Å². The molecule has 0 aromatic heterocycles. The predicted molar refractivity (Wildman–Crippen MR) is 69.9 cm³/mol. The summed E-state index contributed by atoms with van der Waals surface area (Å²) >= 11 is 3.42. The van der Waals surface area contributed by atoms with Crippen molar-refractivity contribution in [2.24, 2.45) is 5.41 Å². The molecule has 0 fully saturated rings. The van der Waals surface area contributed by atoms with Crippen LogP contribution in [0.15, 0.2) is 22.7 Å². The standard InChI is InChI=1S/C13H19BrFN/c1-13(2,3)6-7-16-9-10-8-11(15)4-5-12(10)14/h4-5,8,16H,6-7,9H2,1-3H3. The fourth-order valence-electron chi connectivity index (χ4n) is 1.37. The number of halogens is 2. The van der Waals surface area contributed by atoms with Gasteiger partial charge in [0.05, 0.1) is 0 Å². The van der Waals surface area contributed by atoms with Crippen LogP contribution in [-0.2, 0) is 6.54 Å². The molecule has 16 heavy (non-hydrogen) atoms. The minimum atomic E-state index is -0.184. The maximum Gasteiger partial charge on any atom is 0.123 e. The summed E-state index contributed by atoms with van der Waals surface area (Å²) in [6, 6.07) is 4.77. The minimum Gasteiger partial charge on any atom is -0.313 e. The molecule has 0 saturated heterocycles.